The summed E-state index contributed by atoms with van der Waals surface area (Å²) >= 11 is 0. The predicted octanol–water partition coefficient (Wildman–Crippen LogP) is 2.65. The summed E-state index contributed by atoms with van der Waals surface area (Å²) in [5.74, 6) is 0.0375. The Morgan fingerprint density at radius 3 is 2.53 bits per heavy atom. The Morgan fingerprint density at radius 2 is 1.80 bits per heavy atom. The van der Waals surface area contributed by atoms with Crippen molar-refractivity contribution in [2.45, 2.75) is 0 Å². The van der Waals surface area contributed by atoms with Gasteiger partial charge in [-0.25, -0.2) is 13.8 Å². The first-order chi connectivity index (χ1) is 14.3. The fourth-order valence-corrected chi connectivity index (χ4v) is 4.16. The van der Waals surface area contributed by atoms with Gasteiger partial charge in [0.15, 0.2) is 5.70 Å². The van der Waals surface area contributed by atoms with E-state index in [1.165, 1.54) is 37.5 Å². The molecule has 9 heteroatoms. The lowest BCUT2D eigenvalue weighted by molar-refractivity contribution is -0.129. The second-order valence-corrected chi connectivity index (χ2v) is 8.74. The molecule has 0 N–H and O–H groups in total. The van der Waals surface area contributed by atoms with Crippen molar-refractivity contribution in [3.63, 3.8) is 0 Å². The molecule has 1 aromatic heterocycles. The van der Waals surface area contributed by atoms with Gasteiger partial charge in [-0.05, 0) is 24.3 Å². The number of benzene rings is 2. The highest BCUT2D eigenvalue weighted by atomic mass is 32.2. The Morgan fingerprint density at radius 1 is 1.10 bits per heavy atom. The van der Waals surface area contributed by atoms with E-state index in [-0.39, 0.29) is 11.6 Å². The topological polar surface area (TPSA) is 90.2 Å². The van der Waals surface area contributed by atoms with Crippen LogP contribution in [0.1, 0.15) is 11.1 Å². The molecule has 0 spiro atoms. The molecule has 2 heterocycles. The number of methoxy groups -OCH3 is 1. The van der Waals surface area contributed by atoms with Crippen LogP contribution < -0.4 is 4.74 Å². The highest BCUT2D eigenvalue weighted by Gasteiger charge is 2.27. The number of fused-ring (bicyclic) bond motifs is 1. The van der Waals surface area contributed by atoms with E-state index in [1.54, 1.807) is 48.5 Å². The molecule has 0 radical (unpaired) electrons. The highest BCUT2D eigenvalue weighted by Crippen LogP contribution is 2.29. The van der Waals surface area contributed by atoms with Crippen molar-refractivity contribution in [3.8, 4) is 5.75 Å². The van der Waals surface area contributed by atoms with Crippen LogP contribution in [-0.2, 0) is 19.7 Å². The average molecular weight is 425 g/mol. The normalized spacial score (nSPS) is 15.7. The van der Waals surface area contributed by atoms with Crippen LogP contribution in [0.2, 0.25) is 0 Å². The van der Waals surface area contributed by atoms with Crippen LogP contribution in [0.3, 0.4) is 0 Å². The number of carbonyl (C=O) groups excluding carboxylic acids is 1. The summed E-state index contributed by atoms with van der Waals surface area (Å²) in [5.41, 5.74) is 1.65. The third-order valence-electron chi connectivity index (χ3n) is 4.67. The smallest absolute Gasteiger partial charge is 0.363 e. The second kappa shape index (κ2) is 7.43. The quantitative estimate of drug-likeness (QED) is 0.463. The molecule has 0 aliphatic carbocycles. The Labute approximate surface area is 173 Å². The molecule has 0 bridgehead atoms. The number of aromatic nitrogens is 1. The minimum Gasteiger partial charge on any atom is -0.496 e. The van der Waals surface area contributed by atoms with Gasteiger partial charge in [0, 0.05) is 31.2 Å². The molecular formula is C21H19N3O5S. The van der Waals surface area contributed by atoms with Gasteiger partial charge in [0.25, 0.3) is 0 Å². The maximum atomic E-state index is 12.7. The van der Waals surface area contributed by atoms with Crippen LogP contribution in [0.15, 0.2) is 65.4 Å². The van der Waals surface area contributed by atoms with Crippen molar-refractivity contribution in [1.29, 1.82) is 0 Å². The number of rotatable bonds is 5. The molecule has 0 fully saturated rings. The molecule has 3 aromatic rings. The number of hydrogen-bond donors (Lipinski definition) is 0. The van der Waals surface area contributed by atoms with Crippen LogP contribution in [0.5, 0.6) is 5.75 Å². The minimum absolute atomic E-state index is 0.0704. The number of nitrogens with zero attached hydrogens (tertiary/aromatic N) is 3. The third kappa shape index (κ3) is 3.27. The maximum absolute atomic E-state index is 12.7. The largest absolute Gasteiger partial charge is 0.496 e. The average Bonchev–Trinajstić information content (AvgIpc) is 3.29. The number of ether oxygens (including phenoxy) is 2. The zero-order valence-electron chi connectivity index (χ0n) is 16.6. The van der Waals surface area contributed by atoms with Crippen LogP contribution in [0.25, 0.3) is 17.0 Å². The number of para-hydroxylation sites is 2. The van der Waals surface area contributed by atoms with Gasteiger partial charge in [-0.15, -0.1) is 0 Å². The Hall–Kier alpha value is -3.43. The molecular weight excluding hydrogens is 406 g/mol. The summed E-state index contributed by atoms with van der Waals surface area (Å²) < 4.78 is 38.3. The van der Waals surface area contributed by atoms with Gasteiger partial charge in [0.2, 0.25) is 5.90 Å². The molecule has 30 heavy (non-hydrogen) atoms. The van der Waals surface area contributed by atoms with Crippen molar-refractivity contribution >= 4 is 39.1 Å². The van der Waals surface area contributed by atoms with E-state index in [4.69, 9.17) is 9.47 Å². The molecule has 2 aromatic carbocycles. The van der Waals surface area contributed by atoms with Gasteiger partial charge in [-0.2, -0.15) is 12.7 Å². The van der Waals surface area contributed by atoms with E-state index in [2.05, 4.69) is 4.99 Å². The van der Waals surface area contributed by atoms with Crippen molar-refractivity contribution in [1.82, 2.24) is 8.28 Å². The molecule has 1 aliphatic rings. The molecule has 0 unspecified atom stereocenters. The Bertz CT molecular complexity index is 1320. The van der Waals surface area contributed by atoms with Crippen molar-refractivity contribution in [2.75, 3.05) is 21.2 Å². The summed E-state index contributed by atoms with van der Waals surface area (Å²) in [7, 11) is 0.698. The third-order valence-corrected chi connectivity index (χ3v) is 6.39. The van der Waals surface area contributed by atoms with Gasteiger partial charge in [0.05, 0.1) is 18.2 Å². The summed E-state index contributed by atoms with van der Waals surface area (Å²) in [6.45, 7) is 0. The molecule has 8 nitrogen and oxygen atoms in total. The van der Waals surface area contributed by atoms with Gasteiger partial charge >= 0.3 is 16.2 Å². The predicted molar refractivity (Wildman–Crippen MR) is 114 cm³/mol. The van der Waals surface area contributed by atoms with Crippen molar-refractivity contribution < 1.29 is 22.7 Å². The van der Waals surface area contributed by atoms with E-state index >= 15 is 0 Å². The van der Waals surface area contributed by atoms with Gasteiger partial charge in [-0.3, -0.25) is 0 Å². The molecule has 0 atom stereocenters. The van der Waals surface area contributed by atoms with E-state index in [9.17, 15) is 13.2 Å². The van der Waals surface area contributed by atoms with E-state index in [0.29, 0.717) is 27.8 Å². The van der Waals surface area contributed by atoms with Gasteiger partial charge in [-0.1, -0.05) is 30.3 Å². The number of esters is 1. The standard InChI is InChI=1S/C21H19N3O5S/c1-23(2)30(26,27)24-13-14(15-8-4-6-10-18(15)24)12-17-21(25)29-20(22-17)16-9-5-7-11-19(16)28-3/h4-13H,1-3H3. The number of cyclic esters (lactones) is 1. The molecule has 0 amide bonds. The van der Waals surface area contributed by atoms with Crippen molar-refractivity contribution in [3.05, 3.63) is 71.6 Å². The summed E-state index contributed by atoms with van der Waals surface area (Å²) in [6, 6.07) is 14.1. The lowest BCUT2D eigenvalue weighted by atomic mass is 10.1. The summed E-state index contributed by atoms with van der Waals surface area (Å²) in [5, 5.41) is 0.671. The summed E-state index contributed by atoms with van der Waals surface area (Å²) in [6.07, 6.45) is 2.99. The molecule has 1 aliphatic heterocycles. The summed E-state index contributed by atoms with van der Waals surface area (Å²) in [4.78, 5) is 16.7. The van der Waals surface area contributed by atoms with Gasteiger partial charge in [0.1, 0.15) is 5.75 Å². The second-order valence-electron chi connectivity index (χ2n) is 6.72. The van der Waals surface area contributed by atoms with E-state index in [1.807, 2.05) is 0 Å². The maximum Gasteiger partial charge on any atom is 0.363 e. The van der Waals surface area contributed by atoms with Gasteiger partial charge < -0.3 is 9.47 Å². The number of carbonyl (C=O) groups is 1. The fourth-order valence-electron chi connectivity index (χ4n) is 3.15. The molecule has 154 valence electrons. The Balaban J connectivity index is 1.84. The monoisotopic (exact) mass is 425 g/mol. The van der Waals surface area contributed by atoms with E-state index in [0.717, 1.165) is 4.31 Å². The minimum atomic E-state index is -3.74. The van der Waals surface area contributed by atoms with Crippen LogP contribution in [-0.4, -0.2) is 49.8 Å². The van der Waals surface area contributed by atoms with Crippen LogP contribution >= 0.6 is 0 Å². The highest BCUT2D eigenvalue weighted by molar-refractivity contribution is 7.87. The molecule has 0 saturated carbocycles. The van der Waals surface area contributed by atoms with Crippen LogP contribution in [0, 0.1) is 0 Å². The molecule has 4 rings (SSSR count). The van der Waals surface area contributed by atoms with Crippen LogP contribution in [0.4, 0.5) is 0 Å². The number of aliphatic imine (C=N–C) groups is 1. The van der Waals surface area contributed by atoms with Crippen molar-refractivity contribution in [2.24, 2.45) is 4.99 Å². The zero-order chi connectivity index (χ0) is 21.5. The first-order valence-corrected chi connectivity index (χ1v) is 10.4. The lowest BCUT2D eigenvalue weighted by Gasteiger charge is -2.12. The van der Waals surface area contributed by atoms with E-state index < -0.39 is 16.2 Å². The molecule has 0 saturated heterocycles. The number of hydrogen-bond acceptors (Lipinski definition) is 6. The lowest BCUT2D eigenvalue weighted by Crippen LogP contribution is -2.28. The SMILES string of the molecule is COc1ccccc1C1=NC(=Cc2cn(S(=O)(=O)N(C)C)c3ccccc23)C(=O)O1. The first kappa shape index (κ1) is 19.9. The fraction of sp³-hybridized carbons (Fsp3) is 0.143. The first-order valence-electron chi connectivity index (χ1n) is 9.02. The Kier molecular flexibility index (Phi) is 4.92. The zero-order valence-corrected chi connectivity index (χ0v) is 17.4.